The molecule has 1 aromatic heterocycles. The minimum Gasteiger partial charge on any atom is -0.368 e. The number of hydrogen-bond donors (Lipinski definition) is 1. The van der Waals surface area contributed by atoms with Gasteiger partial charge in [0.1, 0.15) is 6.67 Å². The van der Waals surface area contributed by atoms with Gasteiger partial charge >= 0.3 is 0 Å². The molecular weight excluding hydrogens is 510 g/mol. The molecule has 1 aliphatic rings. The minimum absolute atomic E-state index is 0. The van der Waals surface area contributed by atoms with Crippen molar-refractivity contribution >= 4 is 47.2 Å². The van der Waals surface area contributed by atoms with Gasteiger partial charge < -0.3 is 14.8 Å². The first-order valence-electron chi connectivity index (χ1n) is 11.4. The molecule has 2 aromatic carbocycles. The number of benzene rings is 2. The maximum absolute atomic E-state index is 14.0. The summed E-state index contributed by atoms with van der Waals surface area (Å²) >= 11 is 12.5. The number of anilines is 1. The molecule has 1 N–H and O–H groups in total. The Morgan fingerprint density at radius 3 is 2.40 bits per heavy atom. The second-order valence-electron chi connectivity index (χ2n) is 8.57. The molecule has 1 saturated heterocycles. The van der Waals surface area contributed by atoms with Gasteiger partial charge in [-0.25, -0.2) is 4.39 Å². The van der Waals surface area contributed by atoms with Crippen LogP contribution >= 0.6 is 35.6 Å². The third kappa shape index (κ3) is 5.95. The van der Waals surface area contributed by atoms with E-state index in [1.54, 1.807) is 6.07 Å². The molecule has 0 saturated carbocycles. The molecule has 0 bridgehead atoms. The molecule has 188 valence electrons. The first-order valence-corrected chi connectivity index (χ1v) is 12.1. The fourth-order valence-corrected chi connectivity index (χ4v) is 4.88. The van der Waals surface area contributed by atoms with Crippen LogP contribution in [0, 0.1) is 6.92 Å². The lowest BCUT2D eigenvalue weighted by atomic mass is 10.1. The molecule has 1 fully saturated rings. The van der Waals surface area contributed by atoms with Gasteiger partial charge in [-0.2, -0.15) is 0 Å². The molecular formula is C26H30Cl3FN4O. The zero-order chi connectivity index (χ0) is 24.2. The van der Waals surface area contributed by atoms with Crippen LogP contribution in [0.3, 0.4) is 0 Å². The highest BCUT2D eigenvalue weighted by Gasteiger charge is 2.26. The van der Waals surface area contributed by atoms with E-state index in [4.69, 9.17) is 23.2 Å². The quantitative estimate of drug-likeness (QED) is 0.424. The third-order valence-electron chi connectivity index (χ3n) is 6.63. The van der Waals surface area contributed by atoms with Gasteiger partial charge in [0.05, 0.1) is 27.3 Å². The second kappa shape index (κ2) is 12.1. The maximum atomic E-state index is 14.0. The van der Waals surface area contributed by atoms with Crippen LogP contribution in [-0.4, -0.2) is 60.8 Å². The van der Waals surface area contributed by atoms with Gasteiger partial charge in [-0.05, 0) is 30.7 Å². The fourth-order valence-electron chi connectivity index (χ4n) is 4.47. The Balaban J connectivity index is 0.00000342. The van der Waals surface area contributed by atoms with Crippen molar-refractivity contribution in [1.29, 1.82) is 0 Å². The number of hydrogen-bond acceptors (Lipinski definition) is 3. The maximum Gasteiger partial charge on any atom is 0.253 e. The molecule has 2 heterocycles. The summed E-state index contributed by atoms with van der Waals surface area (Å²) in [6.45, 7) is 4.43. The smallest absolute Gasteiger partial charge is 0.253 e. The first-order chi connectivity index (χ1) is 16.4. The van der Waals surface area contributed by atoms with Gasteiger partial charge in [0, 0.05) is 51.2 Å². The molecule has 0 aliphatic carbocycles. The van der Waals surface area contributed by atoms with Crippen molar-refractivity contribution in [2.75, 3.05) is 44.3 Å². The lowest BCUT2D eigenvalue weighted by Gasteiger charge is -2.39. The average molecular weight is 540 g/mol. The number of carbonyl (C=O) groups excluding carboxylic acids is 1. The number of halogens is 4. The van der Waals surface area contributed by atoms with Crippen LogP contribution in [0.15, 0.2) is 54.6 Å². The van der Waals surface area contributed by atoms with Crippen molar-refractivity contribution in [2.24, 2.45) is 7.05 Å². The highest BCUT2D eigenvalue weighted by molar-refractivity contribution is 6.43. The monoisotopic (exact) mass is 538 g/mol. The van der Waals surface area contributed by atoms with Crippen LogP contribution in [-0.2, 0) is 7.05 Å². The predicted molar refractivity (Wildman–Crippen MR) is 145 cm³/mol. The van der Waals surface area contributed by atoms with E-state index >= 15 is 0 Å². The van der Waals surface area contributed by atoms with Crippen molar-refractivity contribution < 1.29 is 9.18 Å². The van der Waals surface area contributed by atoms with Crippen LogP contribution in [0.5, 0.6) is 0 Å². The molecule has 1 aliphatic heterocycles. The molecule has 1 unspecified atom stereocenters. The van der Waals surface area contributed by atoms with Crippen molar-refractivity contribution in [3.8, 4) is 11.3 Å². The summed E-state index contributed by atoms with van der Waals surface area (Å²) in [5, 5.41) is 4.02. The summed E-state index contributed by atoms with van der Waals surface area (Å²) in [5.41, 5.74) is 4.40. The molecule has 3 aromatic rings. The van der Waals surface area contributed by atoms with E-state index in [0.717, 1.165) is 22.6 Å². The number of nitrogens with zero attached hydrogens (tertiary/aromatic N) is 3. The highest BCUT2D eigenvalue weighted by atomic mass is 35.5. The van der Waals surface area contributed by atoms with Gasteiger partial charge in [-0.3, -0.25) is 9.69 Å². The number of amides is 1. The summed E-state index contributed by atoms with van der Waals surface area (Å²) in [6.07, 6.45) is 0. The number of rotatable bonds is 7. The lowest BCUT2D eigenvalue weighted by molar-refractivity contribution is 0.0919. The summed E-state index contributed by atoms with van der Waals surface area (Å²) < 4.78 is 16.0. The summed E-state index contributed by atoms with van der Waals surface area (Å²) in [6, 6.07) is 17.1. The normalized spacial score (nSPS) is 14.9. The largest absolute Gasteiger partial charge is 0.368 e. The summed E-state index contributed by atoms with van der Waals surface area (Å²) in [4.78, 5) is 17.2. The van der Waals surface area contributed by atoms with E-state index in [2.05, 4.69) is 15.1 Å². The number of aromatic nitrogens is 1. The fraction of sp³-hybridized carbons (Fsp3) is 0.346. The van der Waals surface area contributed by atoms with Gasteiger partial charge in [0.25, 0.3) is 5.91 Å². The Morgan fingerprint density at radius 2 is 1.74 bits per heavy atom. The Morgan fingerprint density at radius 1 is 1.06 bits per heavy atom. The number of piperazine rings is 1. The first kappa shape index (κ1) is 27.3. The van der Waals surface area contributed by atoms with Crippen LogP contribution in [0.2, 0.25) is 10.0 Å². The summed E-state index contributed by atoms with van der Waals surface area (Å²) in [7, 11) is 1.95. The van der Waals surface area contributed by atoms with Gasteiger partial charge in [-0.15, -0.1) is 12.4 Å². The molecule has 0 spiro atoms. The van der Waals surface area contributed by atoms with Crippen LogP contribution in [0.25, 0.3) is 11.3 Å². The molecule has 9 heteroatoms. The SMILES string of the molecule is Cc1c(C(=O)NCC(CF)N2CCN(c3cccc(Cl)c3Cl)CC2)cc(-c2ccccc2)n1C.Cl. The van der Waals surface area contributed by atoms with E-state index in [1.165, 1.54) is 0 Å². The van der Waals surface area contributed by atoms with E-state index < -0.39 is 6.67 Å². The topological polar surface area (TPSA) is 40.5 Å². The van der Waals surface area contributed by atoms with Gasteiger partial charge in [0.2, 0.25) is 0 Å². The summed E-state index contributed by atoms with van der Waals surface area (Å²) in [5.74, 6) is -0.182. The predicted octanol–water partition coefficient (Wildman–Crippen LogP) is 5.62. The van der Waals surface area contributed by atoms with Crippen LogP contribution in [0.1, 0.15) is 16.1 Å². The second-order valence-corrected chi connectivity index (χ2v) is 9.35. The average Bonchev–Trinajstić information content (AvgIpc) is 3.16. The van der Waals surface area contributed by atoms with Crippen LogP contribution < -0.4 is 10.2 Å². The molecule has 35 heavy (non-hydrogen) atoms. The van der Waals surface area contributed by atoms with E-state index in [1.807, 2.05) is 67.1 Å². The number of carbonyl (C=O) groups is 1. The van der Waals surface area contributed by atoms with Crippen LogP contribution in [0.4, 0.5) is 10.1 Å². The highest BCUT2D eigenvalue weighted by Crippen LogP contribution is 2.33. The molecule has 1 atom stereocenters. The van der Waals surface area contributed by atoms with E-state index in [-0.39, 0.29) is 30.9 Å². The van der Waals surface area contributed by atoms with Gasteiger partial charge in [0.15, 0.2) is 0 Å². The zero-order valence-corrected chi connectivity index (χ0v) is 22.1. The Kier molecular flexibility index (Phi) is 9.47. The van der Waals surface area contributed by atoms with Crippen molar-refractivity contribution in [3.63, 3.8) is 0 Å². The molecule has 0 radical (unpaired) electrons. The van der Waals surface area contributed by atoms with E-state index in [0.29, 0.717) is 41.8 Å². The standard InChI is InChI=1S/C26H29Cl2FN4O.ClH/c1-18-21(15-24(31(18)2)19-7-4-3-5-8-19)26(34)30-17-20(16-29)32-11-13-33(14-12-32)23-10-6-9-22(27)25(23)28;/h3-10,15,20H,11-14,16-17H2,1-2H3,(H,30,34);1H. The Bertz CT molecular complexity index is 1150. The third-order valence-corrected chi connectivity index (χ3v) is 7.44. The van der Waals surface area contributed by atoms with Crippen molar-refractivity contribution in [2.45, 2.75) is 13.0 Å². The Labute approximate surface area is 222 Å². The minimum atomic E-state index is -0.527. The Hall–Kier alpha value is -2.25. The van der Waals surface area contributed by atoms with Crippen molar-refractivity contribution in [1.82, 2.24) is 14.8 Å². The van der Waals surface area contributed by atoms with Gasteiger partial charge in [-0.1, -0.05) is 59.6 Å². The number of alkyl halides is 1. The molecule has 5 nitrogen and oxygen atoms in total. The van der Waals surface area contributed by atoms with E-state index in [9.17, 15) is 9.18 Å². The van der Waals surface area contributed by atoms with Crippen molar-refractivity contribution in [3.05, 3.63) is 75.9 Å². The molecule has 4 rings (SSSR count). The lowest BCUT2D eigenvalue weighted by Crippen LogP contribution is -2.54. The molecule has 1 amide bonds. The zero-order valence-electron chi connectivity index (χ0n) is 19.8. The number of nitrogens with one attached hydrogen (secondary N) is 1.